The number of esters is 2. The molecule has 4 nitrogen and oxygen atoms in total. The van der Waals surface area contributed by atoms with Crippen molar-refractivity contribution < 1.29 is 19.1 Å². The van der Waals surface area contributed by atoms with Gasteiger partial charge < -0.3 is 9.47 Å². The minimum atomic E-state index is -0.326. The van der Waals surface area contributed by atoms with E-state index in [9.17, 15) is 9.59 Å². The van der Waals surface area contributed by atoms with Gasteiger partial charge >= 0.3 is 11.9 Å². The largest absolute Gasteiger partial charge is 0.458 e. The van der Waals surface area contributed by atoms with Gasteiger partial charge in [0.25, 0.3) is 0 Å². The number of carbonyl (C=O) groups excluding carboxylic acids is 2. The molecule has 14 unspecified atom stereocenters. The van der Waals surface area contributed by atoms with Gasteiger partial charge in [0.05, 0.1) is 0 Å². The zero-order valence-corrected chi connectivity index (χ0v) is 27.8. The van der Waals surface area contributed by atoms with E-state index >= 15 is 0 Å². The fraction of sp³-hybridized carbons (Fsp3) is 0.850. The smallest absolute Gasteiger partial charge is 0.333 e. The highest BCUT2D eigenvalue weighted by Crippen LogP contribution is 2.71. The maximum Gasteiger partial charge on any atom is 0.333 e. The van der Waals surface area contributed by atoms with Crippen LogP contribution in [0.4, 0.5) is 0 Å². The molecule has 0 amide bonds. The highest BCUT2D eigenvalue weighted by atomic mass is 16.6. The first-order valence-electron chi connectivity index (χ1n) is 18.8. The summed E-state index contributed by atoms with van der Waals surface area (Å²) in [5, 5.41) is 0. The molecular weight excluding hydrogens is 544 g/mol. The van der Waals surface area contributed by atoms with Crippen molar-refractivity contribution in [2.45, 2.75) is 129 Å². The van der Waals surface area contributed by atoms with E-state index in [-0.39, 0.29) is 29.1 Å². The van der Waals surface area contributed by atoms with Gasteiger partial charge in [0.1, 0.15) is 11.7 Å². The SMILES string of the molecule is C=CC(=O)OC1C2CC3CC(CC(C3)CC13CCC(C1C4CC5CC(C4)C(OC(=O)C(=C)C)(C4CCCC4C)C1C5)C3C)C2. The van der Waals surface area contributed by atoms with E-state index in [1.165, 1.54) is 102 Å². The van der Waals surface area contributed by atoms with Gasteiger partial charge in [0.15, 0.2) is 0 Å². The number of hydrogen-bond acceptors (Lipinski definition) is 4. The first-order chi connectivity index (χ1) is 21.1. The van der Waals surface area contributed by atoms with Gasteiger partial charge in [-0.25, -0.2) is 9.59 Å². The number of carbonyl (C=O) groups is 2. The lowest BCUT2D eigenvalue weighted by Crippen LogP contribution is -2.68. The lowest BCUT2D eigenvalue weighted by Gasteiger charge is -2.67. The fourth-order valence-corrected chi connectivity index (χ4v) is 15.0. The van der Waals surface area contributed by atoms with Crippen LogP contribution in [0, 0.1) is 82.3 Å². The molecule has 0 N–H and O–H groups in total. The van der Waals surface area contributed by atoms with Crippen molar-refractivity contribution in [2.75, 3.05) is 0 Å². The normalized spacial score (nSPS) is 53.4. The Hall–Kier alpha value is -1.58. The van der Waals surface area contributed by atoms with Crippen LogP contribution in [-0.4, -0.2) is 23.6 Å². The van der Waals surface area contributed by atoms with Crippen molar-refractivity contribution >= 4 is 11.9 Å². The molecule has 1 spiro atoms. The lowest BCUT2D eigenvalue weighted by atomic mass is 9.40. The molecule has 0 saturated heterocycles. The monoisotopic (exact) mass is 602 g/mol. The van der Waals surface area contributed by atoms with E-state index in [1.807, 2.05) is 6.92 Å². The molecule has 0 aliphatic heterocycles. The molecule has 10 fully saturated rings. The second kappa shape index (κ2) is 10.7. The van der Waals surface area contributed by atoms with Crippen LogP contribution in [0.5, 0.6) is 0 Å². The second-order valence-electron chi connectivity index (χ2n) is 18.0. The molecule has 0 aromatic rings. The summed E-state index contributed by atoms with van der Waals surface area (Å²) in [5.41, 5.74) is 0.296. The van der Waals surface area contributed by atoms with Crippen LogP contribution in [0.25, 0.3) is 0 Å². The molecule has 0 heterocycles. The van der Waals surface area contributed by atoms with E-state index < -0.39 is 0 Å². The molecule has 14 atom stereocenters. The van der Waals surface area contributed by atoms with Crippen LogP contribution in [0.1, 0.15) is 117 Å². The van der Waals surface area contributed by atoms with Gasteiger partial charge in [-0.2, -0.15) is 0 Å². The minimum absolute atomic E-state index is 0.0269. The number of ether oxygens (including phenoxy) is 2. The summed E-state index contributed by atoms with van der Waals surface area (Å²) in [6, 6.07) is 0. The number of hydrogen-bond donors (Lipinski definition) is 0. The van der Waals surface area contributed by atoms with Crippen LogP contribution in [0.15, 0.2) is 24.8 Å². The fourth-order valence-electron chi connectivity index (χ4n) is 15.0. The third-order valence-corrected chi connectivity index (χ3v) is 16.0. The third-order valence-electron chi connectivity index (χ3n) is 16.0. The van der Waals surface area contributed by atoms with Crippen molar-refractivity contribution in [3.63, 3.8) is 0 Å². The predicted octanol–water partition coefficient (Wildman–Crippen LogP) is 8.94. The molecule has 10 rings (SSSR count). The van der Waals surface area contributed by atoms with Crippen LogP contribution in [0.3, 0.4) is 0 Å². The third kappa shape index (κ3) is 4.33. The first kappa shape index (κ1) is 29.8. The zero-order chi connectivity index (χ0) is 30.5. The maximum absolute atomic E-state index is 13.5. The van der Waals surface area contributed by atoms with Crippen molar-refractivity contribution in [1.82, 2.24) is 0 Å². The van der Waals surface area contributed by atoms with Gasteiger partial charge in [-0.05, 0) is 155 Å². The van der Waals surface area contributed by atoms with Gasteiger partial charge in [-0.3, -0.25) is 0 Å². The summed E-state index contributed by atoms with van der Waals surface area (Å²) in [5.74, 6) is 7.92. The Labute approximate surface area is 266 Å². The van der Waals surface area contributed by atoms with Crippen molar-refractivity contribution in [3.05, 3.63) is 24.8 Å². The predicted molar refractivity (Wildman–Crippen MR) is 172 cm³/mol. The molecule has 0 radical (unpaired) electrons. The van der Waals surface area contributed by atoms with Gasteiger partial charge in [-0.1, -0.05) is 39.8 Å². The summed E-state index contributed by atoms with van der Waals surface area (Å²) in [6.45, 7) is 14.7. The molecule has 8 bridgehead atoms. The minimum Gasteiger partial charge on any atom is -0.458 e. The van der Waals surface area contributed by atoms with Gasteiger partial charge in [0.2, 0.25) is 0 Å². The standard InChI is InChI=1S/C40H58O4/c1-6-35(41)43-37-30-16-25-12-26(17-30)14-28(13-25)21-39(37)11-10-32(24(39)5)36-29-15-27-18-31(20-29)40(34(36)19-27,44-38(42)22(2)3)33-9-7-8-23(33)4/h6,23-34,36-37H,1-2,7-21H2,3-5H3. The van der Waals surface area contributed by atoms with E-state index in [0.717, 1.165) is 29.6 Å². The van der Waals surface area contributed by atoms with E-state index in [1.54, 1.807) is 0 Å². The second-order valence-corrected chi connectivity index (χ2v) is 18.0. The molecule has 0 aromatic heterocycles. The Balaban J connectivity index is 1.17. The van der Waals surface area contributed by atoms with E-state index in [4.69, 9.17) is 9.47 Å². The molecule has 44 heavy (non-hydrogen) atoms. The van der Waals surface area contributed by atoms with Crippen molar-refractivity contribution in [2.24, 2.45) is 82.3 Å². The summed E-state index contributed by atoms with van der Waals surface area (Å²) in [6.07, 6.45) is 20.6. The lowest BCUT2D eigenvalue weighted by molar-refractivity contribution is -0.255. The first-order valence-corrected chi connectivity index (χ1v) is 18.8. The van der Waals surface area contributed by atoms with Crippen molar-refractivity contribution in [1.29, 1.82) is 0 Å². The Bertz CT molecular complexity index is 1190. The van der Waals surface area contributed by atoms with Crippen LogP contribution < -0.4 is 0 Å². The summed E-state index contributed by atoms with van der Waals surface area (Å²) >= 11 is 0. The highest BCUT2D eigenvalue weighted by Gasteiger charge is 2.70. The average Bonchev–Trinajstić information content (AvgIpc) is 3.55. The Morgan fingerprint density at radius 3 is 2.20 bits per heavy atom. The van der Waals surface area contributed by atoms with Crippen molar-refractivity contribution in [3.8, 4) is 0 Å². The molecule has 4 heteroatoms. The van der Waals surface area contributed by atoms with E-state index in [0.29, 0.717) is 52.9 Å². The topological polar surface area (TPSA) is 52.6 Å². The zero-order valence-electron chi connectivity index (χ0n) is 27.8. The molecule has 242 valence electrons. The quantitative estimate of drug-likeness (QED) is 0.225. The molecule has 10 aliphatic carbocycles. The highest BCUT2D eigenvalue weighted by molar-refractivity contribution is 5.87. The number of rotatable bonds is 6. The van der Waals surface area contributed by atoms with Gasteiger partial charge in [0, 0.05) is 28.9 Å². The maximum atomic E-state index is 13.5. The van der Waals surface area contributed by atoms with Gasteiger partial charge in [-0.15, -0.1) is 0 Å². The summed E-state index contributed by atoms with van der Waals surface area (Å²) < 4.78 is 13.5. The summed E-state index contributed by atoms with van der Waals surface area (Å²) in [7, 11) is 0. The van der Waals surface area contributed by atoms with Crippen LogP contribution in [0.2, 0.25) is 0 Å². The average molecular weight is 603 g/mol. The Morgan fingerprint density at radius 2 is 1.52 bits per heavy atom. The molecule has 10 aliphatic rings. The summed E-state index contributed by atoms with van der Waals surface area (Å²) in [4.78, 5) is 26.5. The molecule has 10 saturated carbocycles. The molecular formula is C40H58O4. The van der Waals surface area contributed by atoms with E-state index in [2.05, 4.69) is 27.0 Å². The molecule has 0 aromatic carbocycles. The van der Waals surface area contributed by atoms with Crippen LogP contribution >= 0.6 is 0 Å². The Kier molecular flexibility index (Phi) is 7.27. The van der Waals surface area contributed by atoms with Crippen LogP contribution in [-0.2, 0) is 19.1 Å². The Morgan fingerprint density at radius 1 is 0.818 bits per heavy atom.